The third kappa shape index (κ3) is 5.85. The zero-order valence-electron chi connectivity index (χ0n) is 12.0. The minimum Gasteiger partial charge on any atom is -0.492 e. The maximum Gasteiger partial charge on any atom is 0.119 e. The van der Waals surface area contributed by atoms with Crippen LogP contribution in [0, 0.1) is 3.57 Å². The predicted molar refractivity (Wildman–Crippen MR) is 97.3 cm³/mol. The molecule has 0 aliphatic rings. The Kier molecular flexibility index (Phi) is 6.80. The molecule has 112 valence electrons. The first-order valence-corrected chi connectivity index (χ1v) is 8.49. The van der Waals surface area contributed by atoms with Gasteiger partial charge in [0.15, 0.2) is 0 Å². The molecule has 1 atom stereocenters. The monoisotopic (exact) mass is 415 g/mol. The number of hydrogen-bond donors (Lipinski definition) is 1. The quantitative estimate of drug-likeness (QED) is 0.670. The van der Waals surface area contributed by atoms with Gasteiger partial charge in [0.25, 0.3) is 0 Å². The first-order valence-electron chi connectivity index (χ1n) is 7.03. The van der Waals surface area contributed by atoms with Crippen LogP contribution in [0.1, 0.15) is 12.5 Å². The van der Waals surface area contributed by atoms with Crippen LogP contribution in [0.4, 0.5) is 0 Å². The summed E-state index contributed by atoms with van der Waals surface area (Å²) in [6.07, 6.45) is 0.957. The van der Waals surface area contributed by atoms with Crippen molar-refractivity contribution in [2.24, 2.45) is 0 Å². The van der Waals surface area contributed by atoms with E-state index in [1.165, 1.54) is 9.13 Å². The lowest BCUT2D eigenvalue weighted by atomic mass is 10.1. The van der Waals surface area contributed by atoms with Gasteiger partial charge in [-0.3, -0.25) is 0 Å². The van der Waals surface area contributed by atoms with Crippen molar-refractivity contribution in [2.75, 3.05) is 13.2 Å². The molecule has 1 unspecified atom stereocenters. The summed E-state index contributed by atoms with van der Waals surface area (Å²) in [6, 6.07) is 16.4. The Morgan fingerprint density at radius 3 is 2.38 bits per heavy atom. The van der Waals surface area contributed by atoms with E-state index in [0.29, 0.717) is 12.6 Å². The van der Waals surface area contributed by atoms with Crippen LogP contribution in [0.5, 0.6) is 5.75 Å². The molecule has 0 spiro atoms. The maximum atomic E-state index is 5.88. The lowest BCUT2D eigenvalue weighted by Crippen LogP contribution is -2.36. The van der Waals surface area contributed by atoms with E-state index >= 15 is 0 Å². The summed E-state index contributed by atoms with van der Waals surface area (Å²) in [5.74, 6) is 0.852. The average molecular weight is 416 g/mol. The summed E-state index contributed by atoms with van der Waals surface area (Å²) >= 11 is 8.20. The molecule has 0 heterocycles. The Labute approximate surface area is 145 Å². The summed E-state index contributed by atoms with van der Waals surface area (Å²) in [5, 5.41) is 4.20. The van der Waals surface area contributed by atoms with Gasteiger partial charge in [0.2, 0.25) is 0 Å². The Morgan fingerprint density at radius 1 is 1.10 bits per heavy atom. The van der Waals surface area contributed by atoms with Crippen LogP contribution in [0.2, 0.25) is 5.02 Å². The van der Waals surface area contributed by atoms with E-state index in [-0.39, 0.29) is 0 Å². The van der Waals surface area contributed by atoms with Crippen molar-refractivity contribution in [3.8, 4) is 5.75 Å². The molecule has 2 aromatic carbocycles. The lowest BCUT2D eigenvalue weighted by molar-refractivity contribution is 0.265. The molecule has 2 rings (SSSR count). The van der Waals surface area contributed by atoms with Crippen LogP contribution in [0.15, 0.2) is 48.5 Å². The van der Waals surface area contributed by atoms with Gasteiger partial charge in [-0.15, -0.1) is 0 Å². The van der Waals surface area contributed by atoms with Crippen LogP contribution in [0.3, 0.4) is 0 Å². The Hall–Kier alpha value is -0.780. The van der Waals surface area contributed by atoms with Gasteiger partial charge < -0.3 is 10.1 Å². The fourth-order valence-electron chi connectivity index (χ4n) is 2.11. The fraction of sp³-hybridized carbons (Fsp3) is 0.294. The van der Waals surface area contributed by atoms with E-state index in [4.69, 9.17) is 16.3 Å². The second-order valence-corrected chi connectivity index (χ2v) is 6.53. The van der Waals surface area contributed by atoms with Gasteiger partial charge in [-0.25, -0.2) is 0 Å². The Bertz CT molecular complexity index is 542. The van der Waals surface area contributed by atoms with Crippen molar-refractivity contribution in [1.82, 2.24) is 5.32 Å². The summed E-state index contributed by atoms with van der Waals surface area (Å²) in [5.41, 5.74) is 1.32. The fourth-order valence-corrected chi connectivity index (χ4v) is 2.60. The molecular weight excluding hydrogens is 397 g/mol. The highest BCUT2D eigenvalue weighted by Crippen LogP contribution is 2.16. The van der Waals surface area contributed by atoms with Crippen LogP contribution in [-0.4, -0.2) is 19.2 Å². The highest BCUT2D eigenvalue weighted by atomic mass is 127. The van der Waals surface area contributed by atoms with Gasteiger partial charge in [0, 0.05) is 14.6 Å². The van der Waals surface area contributed by atoms with Crippen molar-refractivity contribution in [3.05, 3.63) is 62.7 Å². The highest BCUT2D eigenvalue weighted by molar-refractivity contribution is 14.1. The van der Waals surface area contributed by atoms with E-state index < -0.39 is 0 Å². The molecule has 0 fully saturated rings. The van der Waals surface area contributed by atoms with Crippen LogP contribution in [0.25, 0.3) is 0 Å². The normalized spacial score (nSPS) is 12.1. The van der Waals surface area contributed by atoms with Gasteiger partial charge in [-0.2, -0.15) is 0 Å². The molecule has 2 nitrogen and oxygen atoms in total. The SMILES string of the molecule is CCNC(COc1ccc(Cl)cc1)Cc1ccc(I)cc1. The predicted octanol–water partition coefficient (Wildman–Crippen LogP) is 4.54. The molecule has 0 aromatic heterocycles. The molecule has 21 heavy (non-hydrogen) atoms. The number of hydrogen-bond acceptors (Lipinski definition) is 2. The standard InChI is InChI=1S/C17H19ClINO/c1-2-20-16(11-13-3-7-15(19)8-4-13)12-21-17-9-5-14(18)6-10-17/h3-10,16,20H,2,11-12H2,1H3. The summed E-state index contributed by atoms with van der Waals surface area (Å²) in [7, 11) is 0. The second kappa shape index (κ2) is 8.61. The summed E-state index contributed by atoms with van der Waals surface area (Å²) in [4.78, 5) is 0. The van der Waals surface area contributed by atoms with Crippen molar-refractivity contribution < 1.29 is 4.74 Å². The molecule has 2 aromatic rings. The van der Waals surface area contributed by atoms with Gasteiger partial charge in [-0.05, 0) is 77.5 Å². The minimum absolute atomic E-state index is 0.297. The maximum absolute atomic E-state index is 5.88. The third-order valence-electron chi connectivity index (χ3n) is 3.15. The molecule has 0 amide bonds. The van der Waals surface area contributed by atoms with Crippen molar-refractivity contribution in [3.63, 3.8) is 0 Å². The Morgan fingerprint density at radius 2 is 1.76 bits per heavy atom. The van der Waals surface area contributed by atoms with E-state index in [9.17, 15) is 0 Å². The molecule has 4 heteroatoms. The van der Waals surface area contributed by atoms with Crippen LogP contribution >= 0.6 is 34.2 Å². The molecule has 0 saturated carbocycles. The van der Waals surface area contributed by atoms with Crippen LogP contribution in [-0.2, 0) is 6.42 Å². The molecular formula is C17H19ClINO. The van der Waals surface area contributed by atoms with Crippen molar-refractivity contribution in [1.29, 1.82) is 0 Å². The van der Waals surface area contributed by atoms with E-state index in [0.717, 1.165) is 23.7 Å². The molecule has 0 saturated heterocycles. The van der Waals surface area contributed by atoms with Gasteiger partial charge in [0.05, 0.1) is 0 Å². The zero-order valence-corrected chi connectivity index (χ0v) is 14.9. The molecule has 0 radical (unpaired) electrons. The highest BCUT2D eigenvalue weighted by Gasteiger charge is 2.09. The Balaban J connectivity index is 1.92. The molecule has 0 aliphatic carbocycles. The van der Waals surface area contributed by atoms with Crippen LogP contribution < -0.4 is 10.1 Å². The topological polar surface area (TPSA) is 21.3 Å². The smallest absolute Gasteiger partial charge is 0.119 e. The largest absolute Gasteiger partial charge is 0.492 e. The van der Waals surface area contributed by atoms with Crippen molar-refractivity contribution >= 4 is 34.2 Å². The number of halogens is 2. The molecule has 0 bridgehead atoms. The van der Waals surface area contributed by atoms with E-state index in [1.54, 1.807) is 0 Å². The molecule has 1 N–H and O–H groups in total. The molecule has 0 aliphatic heterocycles. The number of rotatable bonds is 7. The summed E-state index contributed by atoms with van der Waals surface area (Å²) < 4.78 is 7.11. The first kappa shape index (κ1) is 16.6. The van der Waals surface area contributed by atoms with E-state index in [2.05, 4.69) is 59.1 Å². The average Bonchev–Trinajstić information content (AvgIpc) is 2.49. The van der Waals surface area contributed by atoms with E-state index in [1.807, 2.05) is 24.3 Å². The first-order chi connectivity index (χ1) is 10.2. The minimum atomic E-state index is 0.297. The van der Waals surface area contributed by atoms with Crippen molar-refractivity contribution in [2.45, 2.75) is 19.4 Å². The number of benzene rings is 2. The second-order valence-electron chi connectivity index (χ2n) is 4.85. The lowest BCUT2D eigenvalue weighted by Gasteiger charge is -2.19. The number of nitrogens with one attached hydrogen (secondary N) is 1. The van der Waals surface area contributed by atoms with Gasteiger partial charge in [-0.1, -0.05) is 30.7 Å². The van der Waals surface area contributed by atoms with Gasteiger partial charge in [0.1, 0.15) is 12.4 Å². The summed E-state index contributed by atoms with van der Waals surface area (Å²) in [6.45, 7) is 3.68. The number of ether oxygens (including phenoxy) is 1. The zero-order chi connectivity index (χ0) is 15.1. The van der Waals surface area contributed by atoms with Gasteiger partial charge >= 0.3 is 0 Å². The number of likely N-dealkylation sites (N-methyl/N-ethyl adjacent to an activating group) is 1. The third-order valence-corrected chi connectivity index (χ3v) is 4.12.